The van der Waals surface area contributed by atoms with Gasteiger partial charge in [-0.2, -0.15) is 0 Å². The van der Waals surface area contributed by atoms with Crippen molar-refractivity contribution in [3.05, 3.63) is 53.4 Å². The van der Waals surface area contributed by atoms with Gasteiger partial charge in [0.25, 0.3) is 0 Å². The van der Waals surface area contributed by atoms with Crippen LogP contribution in [0.2, 0.25) is 0 Å². The quantitative estimate of drug-likeness (QED) is 0.641. The second-order valence-corrected chi connectivity index (χ2v) is 12.5. The molecule has 204 valence electrons. The van der Waals surface area contributed by atoms with Crippen molar-refractivity contribution in [1.82, 2.24) is 25.0 Å². The van der Waals surface area contributed by atoms with Gasteiger partial charge in [-0.25, -0.2) is 4.79 Å². The largest absolute Gasteiger partial charge is 0.343 e. The fourth-order valence-electron chi connectivity index (χ4n) is 7.29. The number of allylic oxidation sites excluding steroid dienone is 4. The zero-order valence-electron chi connectivity index (χ0n) is 22.9. The smallest absolute Gasteiger partial charge is 0.317 e. The van der Waals surface area contributed by atoms with Crippen LogP contribution in [0.4, 0.5) is 4.79 Å². The van der Waals surface area contributed by atoms with Crippen LogP contribution in [-0.4, -0.2) is 77.9 Å². The highest BCUT2D eigenvalue weighted by Crippen LogP contribution is 2.59. The number of pyridine rings is 1. The summed E-state index contributed by atoms with van der Waals surface area (Å²) in [6, 6.07) is 2.08. The van der Waals surface area contributed by atoms with Crippen molar-refractivity contribution in [1.29, 1.82) is 0 Å². The Kier molecular flexibility index (Phi) is 7.30. The molecule has 0 radical (unpaired) electrons. The molecule has 4 heterocycles. The Morgan fingerprint density at radius 1 is 1.08 bits per heavy atom. The first-order chi connectivity index (χ1) is 18.5. The first kappa shape index (κ1) is 25.6. The molecule has 3 aliphatic heterocycles. The van der Waals surface area contributed by atoms with Crippen LogP contribution >= 0.6 is 0 Å². The Balaban J connectivity index is 0.931. The molecule has 3 fully saturated rings. The lowest BCUT2D eigenvalue weighted by Gasteiger charge is -2.34. The average Bonchev–Trinajstić information content (AvgIpc) is 3.63. The zero-order chi connectivity index (χ0) is 26.1. The summed E-state index contributed by atoms with van der Waals surface area (Å²) in [5.41, 5.74) is 4.26. The summed E-state index contributed by atoms with van der Waals surface area (Å²) in [6.07, 6.45) is 19.0. The highest BCUT2D eigenvalue weighted by molar-refractivity contribution is 5.77. The molecule has 0 aromatic carbocycles. The summed E-state index contributed by atoms with van der Waals surface area (Å²) in [4.78, 5) is 36.6. The minimum atomic E-state index is 0.0522. The number of urea groups is 1. The van der Waals surface area contributed by atoms with Crippen molar-refractivity contribution < 1.29 is 9.59 Å². The maximum absolute atomic E-state index is 13.2. The number of rotatable bonds is 5. The van der Waals surface area contributed by atoms with Crippen molar-refractivity contribution >= 4 is 11.9 Å². The number of aromatic nitrogens is 1. The van der Waals surface area contributed by atoms with E-state index >= 15 is 0 Å². The van der Waals surface area contributed by atoms with Crippen LogP contribution < -0.4 is 5.32 Å². The normalized spacial score (nSPS) is 27.1. The predicted octanol–water partition coefficient (Wildman–Crippen LogP) is 4.01. The molecule has 1 N–H and O–H groups in total. The van der Waals surface area contributed by atoms with E-state index in [-0.39, 0.29) is 6.03 Å². The second-order valence-electron chi connectivity index (χ2n) is 12.5. The van der Waals surface area contributed by atoms with Gasteiger partial charge in [-0.15, -0.1) is 0 Å². The molecule has 7 heteroatoms. The van der Waals surface area contributed by atoms with Gasteiger partial charge in [-0.1, -0.05) is 18.2 Å². The number of hydrogen-bond donors (Lipinski definition) is 1. The summed E-state index contributed by atoms with van der Waals surface area (Å²) >= 11 is 0. The maximum Gasteiger partial charge on any atom is 0.317 e. The molecule has 2 unspecified atom stereocenters. The second kappa shape index (κ2) is 10.8. The van der Waals surface area contributed by atoms with Crippen LogP contribution in [0.25, 0.3) is 0 Å². The van der Waals surface area contributed by atoms with E-state index in [1.54, 1.807) is 0 Å². The lowest BCUT2D eigenvalue weighted by atomic mass is 9.82. The molecule has 3 amide bonds. The predicted molar refractivity (Wildman–Crippen MR) is 148 cm³/mol. The third kappa shape index (κ3) is 5.54. The van der Waals surface area contributed by atoms with Crippen LogP contribution in [0.1, 0.15) is 56.1 Å². The first-order valence-electron chi connectivity index (χ1n) is 14.8. The lowest BCUT2D eigenvalue weighted by Crippen LogP contribution is -2.44. The van der Waals surface area contributed by atoms with Crippen LogP contribution in [-0.2, 0) is 17.8 Å². The standard InChI is InChI=1S/C31H43N5O2/c1-34-12-6-24(7-13-34)25-4-2-3-23(17-25)18-29(37)35-15-9-31(10-16-35)19-28(31)21-33-30(38)36-14-8-26-20-32-11-5-27(26)22-36/h2,4-5,11,17,20,23-24,28H,3,6-10,12-16,18-19,21-22H2,1H3,(H,33,38). The average molecular weight is 518 g/mol. The molecule has 1 spiro atoms. The van der Waals surface area contributed by atoms with Crippen LogP contribution in [0.15, 0.2) is 42.3 Å². The number of likely N-dealkylation sites (tertiary alicyclic amines) is 2. The third-order valence-corrected chi connectivity index (χ3v) is 10.1. The summed E-state index contributed by atoms with van der Waals surface area (Å²) in [5, 5.41) is 3.21. The lowest BCUT2D eigenvalue weighted by molar-refractivity contribution is -0.133. The monoisotopic (exact) mass is 517 g/mol. The van der Waals surface area contributed by atoms with Crippen molar-refractivity contribution in [2.75, 3.05) is 46.3 Å². The molecule has 1 aromatic heterocycles. The fourth-order valence-corrected chi connectivity index (χ4v) is 7.29. The van der Waals surface area contributed by atoms with Gasteiger partial charge in [0.05, 0.1) is 0 Å². The Morgan fingerprint density at radius 3 is 2.71 bits per heavy atom. The van der Waals surface area contributed by atoms with Crippen molar-refractivity contribution in [3.8, 4) is 0 Å². The minimum absolute atomic E-state index is 0.0522. The van der Waals surface area contributed by atoms with Crippen molar-refractivity contribution in [3.63, 3.8) is 0 Å². The fraction of sp³-hybridized carbons (Fsp3) is 0.645. The molecule has 5 aliphatic rings. The maximum atomic E-state index is 13.2. The van der Waals surface area contributed by atoms with E-state index in [0.29, 0.717) is 42.0 Å². The Morgan fingerprint density at radius 2 is 1.89 bits per heavy atom. The molecular formula is C31H43N5O2. The van der Waals surface area contributed by atoms with E-state index in [0.717, 1.165) is 51.9 Å². The summed E-state index contributed by atoms with van der Waals surface area (Å²) < 4.78 is 0. The van der Waals surface area contributed by atoms with Gasteiger partial charge < -0.3 is 20.0 Å². The van der Waals surface area contributed by atoms with Crippen molar-refractivity contribution in [2.45, 2.75) is 57.9 Å². The van der Waals surface area contributed by atoms with Gasteiger partial charge in [-0.05, 0) is 111 Å². The molecule has 7 nitrogen and oxygen atoms in total. The summed E-state index contributed by atoms with van der Waals surface area (Å²) in [5.74, 6) is 1.88. The van der Waals surface area contributed by atoms with E-state index in [2.05, 4.69) is 45.4 Å². The van der Waals surface area contributed by atoms with E-state index in [1.807, 2.05) is 23.4 Å². The number of nitrogens with one attached hydrogen (secondary N) is 1. The molecule has 1 aromatic rings. The van der Waals surface area contributed by atoms with Gasteiger partial charge >= 0.3 is 6.03 Å². The first-order valence-corrected chi connectivity index (χ1v) is 14.8. The SMILES string of the molecule is CN1CCC(C2=CC(CC(=O)N3CCC4(CC3)CC4CNC(=O)N3CCc4cnccc4C3)CC=C2)CC1. The summed E-state index contributed by atoms with van der Waals surface area (Å²) in [7, 11) is 2.21. The Labute approximate surface area is 227 Å². The Bertz CT molecular complexity index is 1100. The highest BCUT2D eigenvalue weighted by Gasteiger charge is 2.54. The van der Waals surface area contributed by atoms with Crippen LogP contribution in [0.3, 0.4) is 0 Å². The van der Waals surface area contributed by atoms with Gasteiger partial charge in [0.2, 0.25) is 5.91 Å². The van der Waals surface area contributed by atoms with Gasteiger partial charge in [0.15, 0.2) is 0 Å². The molecule has 2 aliphatic carbocycles. The number of piperidine rings is 2. The van der Waals surface area contributed by atoms with Gasteiger partial charge in [0.1, 0.15) is 0 Å². The molecule has 1 saturated carbocycles. The summed E-state index contributed by atoms with van der Waals surface area (Å²) in [6.45, 7) is 6.26. The molecule has 2 atom stereocenters. The molecule has 2 saturated heterocycles. The zero-order valence-corrected chi connectivity index (χ0v) is 22.9. The topological polar surface area (TPSA) is 68.8 Å². The number of hydrogen-bond acceptors (Lipinski definition) is 4. The van der Waals surface area contributed by atoms with E-state index in [1.165, 1.54) is 49.1 Å². The van der Waals surface area contributed by atoms with E-state index in [4.69, 9.17) is 0 Å². The number of carbonyl (C=O) groups excluding carboxylic acids is 2. The number of nitrogens with zero attached hydrogens (tertiary/aromatic N) is 4. The number of carbonyl (C=O) groups is 2. The van der Waals surface area contributed by atoms with Gasteiger partial charge in [0, 0.05) is 51.5 Å². The minimum Gasteiger partial charge on any atom is -0.343 e. The molecule has 0 bridgehead atoms. The molecule has 6 rings (SSSR count). The van der Waals surface area contributed by atoms with E-state index < -0.39 is 0 Å². The number of fused-ring (bicyclic) bond motifs is 1. The third-order valence-electron chi connectivity index (χ3n) is 10.1. The van der Waals surface area contributed by atoms with Crippen LogP contribution in [0.5, 0.6) is 0 Å². The van der Waals surface area contributed by atoms with Gasteiger partial charge in [-0.3, -0.25) is 9.78 Å². The molecular weight excluding hydrogens is 474 g/mol. The number of amides is 3. The van der Waals surface area contributed by atoms with Crippen molar-refractivity contribution in [2.24, 2.45) is 23.2 Å². The Hall–Kier alpha value is -2.67. The highest BCUT2D eigenvalue weighted by atomic mass is 16.2. The van der Waals surface area contributed by atoms with Crippen LogP contribution in [0, 0.1) is 23.2 Å². The molecule has 38 heavy (non-hydrogen) atoms. The van der Waals surface area contributed by atoms with E-state index in [9.17, 15) is 9.59 Å².